The minimum atomic E-state index is 1.22. The molecule has 0 bridgehead atoms. The average Bonchev–Trinajstić information content (AvgIpc) is 2.51. The lowest BCUT2D eigenvalue weighted by molar-refractivity contribution is 0.974. The highest BCUT2D eigenvalue weighted by Crippen LogP contribution is 2.15. The van der Waals surface area contributed by atoms with Crippen LogP contribution in [0, 0.1) is 6.92 Å². The summed E-state index contributed by atoms with van der Waals surface area (Å²) in [5.74, 6) is 5.05. The van der Waals surface area contributed by atoms with E-state index in [0.29, 0.717) is 0 Å². The normalized spacial score (nSPS) is 9.33. The van der Waals surface area contributed by atoms with E-state index in [-0.39, 0.29) is 0 Å². The van der Waals surface area contributed by atoms with Gasteiger partial charge in [0.15, 0.2) is 0 Å². The Morgan fingerprint density at radius 3 is 2.50 bits per heavy atom. The van der Waals surface area contributed by atoms with Crippen molar-refractivity contribution in [2.75, 3.05) is 0 Å². The van der Waals surface area contributed by atoms with Crippen LogP contribution in [0.3, 0.4) is 0 Å². The zero-order valence-electron chi connectivity index (χ0n) is 7.79. The molecule has 0 amide bonds. The van der Waals surface area contributed by atoms with Crippen LogP contribution in [0.5, 0.6) is 0 Å². The molecule has 0 aromatic carbocycles. The minimum Gasteiger partial charge on any atom is -0.331 e. The molecule has 0 radical (unpaired) electrons. The van der Waals surface area contributed by atoms with Crippen molar-refractivity contribution in [1.82, 2.24) is 5.43 Å². The quantitative estimate of drug-likeness (QED) is 0.547. The number of hydrazine groups is 1. The number of rotatable bonds is 2. The van der Waals surface area contributed by atoms with Crippen molar-refractivity contribution in [1.29, 1.82) is 0 Å². The standard InChI is InChI=1S/C7H10N2S.C2H6/c1-6-2-3-7(10-6)4-5-9-8;1-2/h2-5,9H,8H2,1H3;1-2H3/b5-4+;. The van der Waals surface area contributed by atoms with Crippen LogP contribution < -0.4 is 11.3 Å². The number of thiophene rings is 1. The maximum absolute atomic E-state index is 5.05. The number of nitrogens with one attached hydrogen (secondary N) is 1. The van der Waals surface area contributed by atoms with Crippen LogP contribution in [0.1, 0.15) is 23.6 Å². The van der Waals surface area contributed by atoms with Gasteiger partial charge < -0.3 is 5.43 Å². The third-order valence-corrected chi connectivity index (χ3v) is 2.07. The molecule has 0 aliphatic heterocycles. The van der Waals surface area contributed by atoms with Gasteiger partial charge in [-0.25, -0.2) is 0 Å². The SMILES string of the molecule is CC.Cc1ccc(/C=C/NN)s1. The topological polar surface area (TPSA) is 38.0 Å². The summed E-state index contributed by atoms with van der Waals surface area (Å²) < 4.78 is 0. The summed E-state index contributed by atoms with van der Waals surface area (Å²) in [5, 5.41) is 0. The van der Waals surface area contributed by atoms with Gasteiger partial charge in [0, 0.05) is 16.0 Å². The summed E-state index contributed by atoms with van der Waals surface area (Å²) in [6, 6.07) is 4.15. The number of hydrogen-bond donors (Lipinski definition) is 2. The maximum Gasteiger partial charge on any atom is 0.0287 e. The van der Waals surface area contributed by atoms with Crippen molar-refractivity contribution in [3.63, 3.8) is 0 Å². The van der Waals surface area contributed by atoms with Crippen LogP contribution in [0.15, 0.2) is 18.3 Å². The van der Waals surface area contributed by atoms with Gasteiger partial charge in [0.1, 0.15) is 0 Å². The lowest BCUT2D eigenvalue weighted by atomic mass is 10.4. The van der Waals surface area contributed by atoms with Gasteiger partial charge in [-0.2, -0.15) is 0 Å². The fourth-order valence-electron chi connectivity index (χ4n) is 0.673. The highest BCUT2D eigenvalue weighted by atomic mass is 32.1. The van der Waals surface area contributed by atoms with Crippen LogP contribution in [0.2, 0.25) is 0 Å². The van der Waals surface area contributed by atoms with Crippen LogP contribution in [-0.2, 0) is 0 Å². The van der Waals surface area contributed by atoms with E-state index in [1.54, 1.807) is 17.5 Å². The van der Waals surface area contributed by atoms with E-state index in [1.165, 1.54) is 9.75 Å². The van der Waals surface area contributed by atoms with Gasteiger partial charge in [-0.1, -0.05) is 13.8 Å². The Kier molecular flexibility index (Phi) is 6.42. The Labute approximate surface area is 78.1 Å². The number of aryl methyl sites for hydroxylation is 1. The first-order chi connectivity index (χ1) is 5.83. The molecule has 2 nitrogen and oxygen atoms in total. The van der Waals surface area contributed by atoms with Crippen molar-refractivity contribution in [2.24, 2.45) is 5.84 Å². The second kappa shape index (κ2) is 6.88. The van der Waals surface area contributed by atoms with E-state index in [0.717, 1.165) is 0 Å². The molecule has 1 rings (SSSR count). The van der Waals surface area contributed by atoms with Gasteiger partial charge in [-0.3, -0.25) is 5.84 Å². The van der Waals surface area contributed by atoms with Gasteiger partial charge in [0.25, 0.3) is 0 Å². The van der Waals surface area contributed by atoms with Gasteiger partial charge in [-0.15, -0.1) is 11.3 Å². The van der Waals surface area contributed by atoms with E-state index >= 15 is 0 Å². The molecular weight excluding hydrogens is 168 g/mol. The maximum atomic E-state index is 5.05. The zero-order valence-corrected chi connectivity index (χ0v) is 8.61. The number of nitrogens with two attached hydrogens (primary N) is 1. The van der Waals surface area contributed by atoms with Crippen LogP contribution in [-0.4, -0.2) is 0 Å². The van der Waals surface area contributed by atoms with E-state index in [4.69, 9.17) is 5.84 Å². The van der Waals surface area contributed by atoms with Crippen molar-refractivity contribution in [2.45, 2.75) is 20.8 Å². The summed E-state index contributed by atoms with van der Waals surface area (Å²) in [6.07, 6.45) is 3.66. The molecule has 1 aromatic rings. The van der Waals surface area contributed by atoms with Gasteiger partial charge >= 0.3 is 0 Å². The molecule has 3 heteroatoms. The molecule has 0 saturated carbocycles. The van der Waals surface area contributed by atoms with Gasteiger partial charge in [0.2, 0.25) is 0 Å². The largest absolute Gasteiger partial charge is 0.331 e. The lowest BCUT2D eigenvalue weighted by Gasteiger charge is -1.83. The monoisotopic (exact) mass is 184 g/mol. The van der Waals surface area contributed by atoms with Crippen molar-refractivity contribution in [3.05, 3.63) is 28.1 Å². The van der Waals surface area contributed by atoms with Crippen molar-refractivity contribution >= 4 is 17.4 Å². The Morgan fingerprint density at radius 1 is 1.42 bits per heavy atom. The molecule has 1 heterocycles. The lowest BCUT2D eigenvalue weighted by Crippen LogP contribution is -2.12. The van der Waals surface area contributed by atoms with E-state index in [2.05, 4.69) is 24.5 Å². The molecule has 68 valence electrons. The second-order valence-electron chi connectivity index (χ2n) is 1.95. The highest BCUT2D eigenvalue weighted by Gasteiger charge is 1.88. The van der Waals surface area contributed by atoms with Crippen molar-refractivity contribution < 1.29 is 0 Å². The molecule has 0 aliphatic carbocycles. The molecule has 0 atom stereocenters. The Bertz CT molecular complexity index is 228. The summed E-state index contributed by atoms with van der Waals surface area (Å²) >= 11 is 1.75. The predicted octanol–water partition coefficient (Wildman–Crippen LogP) is 2.52. The van der Waals surface area contributed by atoms with Gasteiger partial charge in [0.05, 0.1) is 0 Å². The second-order valence-corrected chi connectivity index (χ2v) is 3.27. The Morgan fingerprint density at radius 2 is 2.08 bits per heavy atom. The predicted molar refractivity (Wildman–Crippen MR) is 56.8 cm³/mol. The Balaban J connectivity index is 0.000000561. The summed E-state index contributed by atoms with van der Waals surface area (Å²) in [4.78, 5) is 2.53. The molecule has 12 heavy (non-hydrogen) atoms. The Hall–Kier alpha value is -0.800. The third kappa shape index (κ3) is 4.16. The number of hydrogen-bond acceptors (Lipinski definition) is 3. The molecule has 3 N–H and O–H groups in total. The van der Waals surface area contributed by atoms with Crippen LogP contribution >= 0.6 is 11.3 Å². The third-order valence-electron chi connectivity index (χ3n) is 1.10. The molecule has 0 spiro atoms. The smallest absolute Gasteiger partial charge is 0.0287 e. The molecular formula is C9H16N2S. The fourth-order valence-corrected chi connectivity index (χ4v) is 1.45. The average molecular weight is 184 g/mol. The fraction of sp³-hybridized carbons (Fsp3) is 0.333. The van der Waals surface area contributed by atoms with Crippen molar-refractivity contribution in [3.8, 4) is 0 Å². The summed E-state index contributed by atoms with van der Waals surface area (Å²) in [7, 11) is 0. The minimum absolute atomic E-state index is 1.22. The first-order valence-corrected chi connectivity index (χ1v) is 4.83. The summed E-state index contributed by atoms with van der Waals surface area (Å²) in [5.41, 5.74) is 2.45. The molecule has 0 fully saturated rings. The van der Waals surface area contributed by atoms with E-state index < -0.39 is 0 Å². The van der Waals surface area contributed by atoms with Crippen LogP contribution in [0.4, 0.5) is 0 Å². The molecule has 0 aliphatic rings. The zero-order chi connectivity index (χ0) is 9.40. The molecule has 0 saturated heterocycles. The first kappa shape index (κ1) is 11.2. The van der Waals surface area contributed by atoms with E-state index in [9.17, 15) is 0 Å². The first-order valence-electron chi connectivity index (χ1n) is 4.02. The van der Waals surface area contributed by atoms with Crippen LogP contribution in [0.25, 0.3) is 6.08 Å². The van der Waals surface area contributed by atoms with E-state index in [1.807, 2.05) is 19.9 Å². The summed E-state index contributed by atoms with van der Waals surface area (Å²) in [6.45, 7) is 6.08. The van der Waals surface area contributed by atoms with Gasteiger partial charge in [-0.05, 0) is 25.1 Å². The molecule has 1 aromatic heterocycles. The highest BCUT2D eigenvalue weighted by molar-refractivity contribution is 7.12. The molecule has 0 unspecified atom stereocenters.